The largest absolute Gasteiger partial charge is 0.397 e. The zero-order valence-corrected chi connectivity index (χ0v) is 11.2. The number of hydrogen-bond acceptors (Lipinski definition) is 3. The molecule has 0 fully saturated rings. The van der Waals surface area contributed by atoms with E-state index in [0.717, 1.165) is 24.9 Å². The number of anilines is 2. The molecule has 0 unspecified atom stereocenters. The zero-order valence-electron chi connectivity index (χ0n) is 11.2. The van der Waals surface area contributed by atoms with E-state index in [1.54, 1.807) is 18.5 Å². The third-order valence-corrected chi connectivity index (χ3v) is 2.95. The van der Waals surface area contributed by atoms with E-state index in [0.29, 0.717) is 17.2 Å². The molecule has 0 saturated carbocycles. The molecular weight excluding hydrogens is 242 g/mol. The van der Waals surface area contributed by atoms with Crippen molar-refractivity contribution >= 4 is 17.4 Å². The van der Waals surface area contributed by atoms with Gasteiger partial charge in [-0.3, -0.25) is 9.89 Å². The minimum atomic E-state index is -0.177. The second kappa shape index (κ2) is 5.60. The van der Waals surface area contributed by atoms with E-state index >= 15 is 0 Å². The standard InChI is InChI=1S/C13H19N5O/c1-3-5-18-8-10(14)6-11(18)13(19)16-12-9(4-2)7-15-17-12/h6-8H,3-5,14H2,1-2H3,(H2,15,16,17,19). The van der Waals surface area contributed by atoms with E-state index in [2.05, 4.69) is 22.4 Å². The number of nitrogen functional groups attached to an aromatic ring is 1. The first-order chi connectivity index (χ1) is 9.15. The van der Waals surface area contributed by atoms with Gasteiger partial charge in [0.15, 0.2) is 0 Å². The van der Waals surface area contributed by atoms with E-state index < -0.39 is 0 Å². The van der Waals surface area contributed by atoms with E-state index in [1.807, 2.05) is 11.5 Å². The van der Waals surface area contributed by atoms with Crippen molar-refractivity contribution in [3.8, 4) is 0 Å². The zero-order chi connectivity index (χ0) is 13.8. The number of carbonyl (C=O) groups excluding carboxylic acids is 1. The van der Waals surface area contributed by atoms with Crippen molar-refractivity contribution in [3.05, 3.63) is 29.7 Å². The third-order valence-electron chi connectivity index (χ3n) is 2.95. The Morgan fingerprint density at radius 3 is 3.00 bits per heavy atom. The number of nitrogens with zero attached hydrogens (tertiary/aromatic N) is 2. The summed E-state index contributed by atoms with van der Waals surface area (Å²) in [5, 5.41) is 9.56. The highest BCUT2D eigenvalue weighted by Gasteiger charge is 2.14. The number of carbonyl (C=O) groups is 1. The van der Waals surface area contributed by atoms with E-state index in [-0.39, 0.29) is 5.91 Å². The number of rotatable bonds is 5. The highest BCUT2D eigenvalue weighted by Crippen LogP contribution is 2.16. The molecule has 0 radical (unpaired) electrons. The van der Waals surface area contributed by atoms with Crippen LogP contribution in [0.25, 0.3) is 0 Å². The Balaban J connectivity index is 2.20. The van der Waals surface area contributed by atoms with Gasteiger partial charge in [-0.25, -0.2) is 0 Å². The molecule has 6 heteroatoms. The Kier molecular flexibility index (Phi) is 3.89. The second-order valence-electron chi connectivity index (χ2n) is 4.43. The summed E-state index contributed by atoms with van der Waals surface area (Å²) in [4.78, 5) is 12.3. The fourth-order valence-corrected chi connectivity index (χ4v) is 2.01. The summed E-state index contributed by atoms with van der Waals surface area (Å²) in [6.45, 7) is 4.84. The highest BCUT2D eigenvalue weighted by atomic mass is 16.2. The van der Waals surface area contributed by atoms with Crippen molar-refractivity contribution in [2.24, 2.45) is 0 Å². The molecule has 0 aliphatic carbocycles. The van der Waals surface area contributed by atoms with Gasteiger partial charge in [-0.2, -0.15) is 5.10 Å². The van der Waals surface area contributed by atoms with Gasteiger partial charge >= 0.3 is 0 Å². The molecule has 19 heavy (non-hydrogen) atoms. The minimum absolute atomic E-state index is 0.177. The van der Waals surface area contributed by atoms with Crippen LogP contribution in [0.15, 0.2) is 18.5 Å². The fraction of sp³-hybridized carbons (Fsp3) is 0.385. The monoisotopic (exact) mass is 261 g/mol. The predicted octanol–water partition coefficient (Wildman–Crippen LogP) is 2.02. The molecule has 1 amide bonds. The Labute approximate surface area is 112 Å². The van der Waals surface area contributed by atoms with Gasteiger partial charge in [0.05, 0.1) is 11.9 Å². The Morgan fingerprint density at radius 2 is 2.32 bits per heavy atom. The van der Waals surface area contributed by atoms with Gasteiger partial charge in [-0.15, -0.1) is 0 Å². The van der Waals surface area contributed by atoms with E-state index in [4.69, 9.17) is 5.73 Å². The third kappa shape index (κ3) is 2.78. The summed E-state index contributed by atoms with van der Waals surface area (Å²) in [5.74, 6) is 0.472. The molecule has 0 atom stereocenters. The molecule has 2 aromatic rings. The number of amides is 1. The molecule has 0 spiro atoms. The summed E-state index contributed by atoms with van der Waals surface area (Å²) in [5.41, 5.74) is 7.90. The van der Waals surface area contributed by atoms with Crippen LogP contribution in [0, 0.1) is 0 Å². The smallest absolute Gasteiger partial charge is 0.273 e. The van der Waals surface area contributed by atoms with Crippen molar-refractivity contribution < 1.29 is 4.79 Å². The van der Waals surface area contributed by atoms with Crippen LogP contribution in [0.5, 0.6) is 0 Å². The lowest BCUT2D eigenvalue weighted by atomic mass is 10.2. The van der Waals surface area contributed by atoms with Gasteiger partial charge in [0.25, 0.3) is 5.91 Å². The summed E-state index contributed by atoms with van der Waals surface area (Å²) >= 11 is 0. The van der Waals surface area contributed by atoms with Crippen molar-refractivity contribution in [1.82, 2.24) is 14.8 Å². The topological polar surface area (TPSA) is 88.7 Å². The van der Waals surface area contributed by atoms with E-state index in [1.165, 1.54) is 0 Å². The first-order valence-electron chi connectivity index (χ1n) is 6.45. The Morgan fingerprint density at radius 1 is 1.53 bits per heavy atom. The predicted molar refractivity (Wildman–Crippen MR) is 75.1 cm³/mol. The number of nitrogens with two attached hydrogens (primary N) is 1. The average Bonchev–Trinajstić information content (AvgIpc) is 2.96. The van der Waals surface area contributed by atoms with Crippen LogP contribution in [0.3, 0.4) is 0 Å². The molecule has 0 aliphatic heterocycles. The quantitative estimate of drug-likeness (QED) is 0.769. The van der Waals surface area contributed by atoms with Crippen molar-refractivity contribution in [1.29, 1.82) is 0 Å². The molecule has 2 aromatic heterocycles. The molecule has 6 nitrogen and oxygen atoms in total. The Bertz CT molecular complexity index is 569. The van der Waals surface area contributed by atoms with Gasteiger partial charge in [-0.05, 0) is 18.9 Å². The van der Waals surface area contributed by atoms with Gasteiger partial charge in [0.2, 0.25) is 0 Å². The lowest BCUT2D eigenvalue weighted by Gasteiger charge is -2.08. The SMILES string of the molecule is CCCn1cc(N)cc1C(=O)Nc1[nH]ncc1CC. The van der Waals surface area contributed by atoms with Crippen LogP contribution < -0.4 is 11.1 Å². The van der Waals surface area contributed by atoms with Crippen LogP contribution in [-0.2, 0) is 13.0 Å². The van der Waals surface area contributed by atoms with Gasteiger partial charge in [-0.1, -0.05) is 13.8 Å². The van der Waals surface area contributed by atoms with Crippen molar-refractivity contribution in [2.45, 2.75) is 33.2 Å². The maximum atomic E-state index is 12.3. The van der Waals surface area contributed by atoms with E-state index in [9.17, 15) is 4.79 Å². The van der Waals surface area contributed by atoms with Crippen LogP contribution in [0.1, 0.15) is 36.3 Å². The molecule has 102 valence electrons. The maximum absolute atomic E-state index is 12.3. The Hall–Kier alpha value is -2.24. The molecule has 0 aromatic carbocycles. The lowest BCUT2D eigenvalue weighted by molar-refractivity contribution is 0.101. The number of nitrogens with one attached hydrogen (secondary N) is 2. The number of hydrogen-bond donors (Lipinski definition) is 3. The highest BCUT2D eigenvalue weighted by molar-refractivity contribution is 6.03. The summed E-state index contributed by atoms with van der Waals surface area (Å²) in [6.07, 6.45) is 5.25. The van der Waals surface area contributed by atoms with Gasteiger partial charge in [0, 0.05) is 18.3 Å². The number of aryl methyl sites for hydroxylation is 2. The molecular formula is C13H19N5O. The van der Waals surface area contributed by atoms with Crippen LogP contribution in [-0.4, -0.2) is 20.7 Å². The molecule has 0 bridgehead atoms. The molecule has 2 rings (SSSR count). The lowest BCUT2D eigenvalue weighted by Crippen LogP contribution is -2.17. The maximum Gasteiger partial charge on any atom is 0.273 e. The van der Waals surface area contributed by atoms with Crippen LogP contribution in [0.4, 0.5) is 11.5 Å². The number of aromatic nitrogens is 3. The minimum Gasteiger partial charge on any atom is -0.397 e. The first kappa shape index (κ1) is 13.2. The summed E-state index contributed by atoms with van der Waals surface area (Å²) in [7, 11) is 0. The summed E-state index contributed by atoms with van der Waals surface area (Å²) in [6, 6.07) is 1.69. The fourth-order valence-electron chi connectivity index (χ4n) is 2.01. The molecule has 2 heterocycles. The first-order valence-corrected chi connectivity index (χ1v) is 6.45. The second-order valence-corrected chi connectivity index (χ2v) is 4.43. The van der Waals surface area contributed by atoms with Crippen molar-refractivity contribution in [3.63, 3.8) is 0 Å². The van der Waals surface area contributed by atoms with Crippen molar-refractivity contribution in [2.75, 3.05) is 11.1 Å². The molecule has 0 saturated heterocycles. The average molecular weight is 261 g/mol. The number of aromatic amines is 1. The van der Waals surface area contributed by atoms with Crippen LogP contribution in [0.2, 0.25) is 0 Å². The van der Waals surface area contributed by atoms with Gasteiger partial charge in [0.1, 0.15) is 11.5 Å². The summed E-state index contributed by atoms with van der Waals surface area (Å²) < 4.78 is 1.87. The number of H-pyrrole nitrogens is 1. The molecule has 4 N–H and O–H groups in total. The normalized spacial score (nSPS) is 10.6. The molecule has 0 aliphatic rings. The van der Waals surface area contributed by atoms with Crippen LogP contribution >= 0.6 is 0 Å². The van der Waals surface area contributed by atoms with Gasteiger partial charge < -0.3 is 15.6 Å².